The van der Waals surface area contributed by atoms with Crippen LogP contribution in [0.4, 0.5) is 0 Å². The first-order chi connectivity index (χ1) is 8.74. The normalized spacial score (nSPS) is 19.1. The molecule has 0 bridgehead atoms. The zero-order chi connectivity index (χ0) is 13.0. The molecule has 1 aromatic heterocycles. The molecule has 0 saturated carbocycles. The van der Waals surface area contributed by atoms with Gasteiger partial charge in [-0.05, 0) is 26.2 Å². The van der Waals surface area contributed by atoms with Crippen molar-refractivity contribution in [3.63, 3.8) is 0 Å². The Morgan fingerprint density at radius 1 is 1.50 bits per heavy atom. The lowest BCUT2D eigenvalue weighted by molar-refractivity contribution is 0.0482. The highest BCUT2D eigenvalue weighted by atomic mass is 16.5. The van der Waals surface area contributed by atoms with Crippen LogP contribution in [-0.2, 0) is 22.3 Å². The van der Waals surface area contributed by atoms with Crippen molar-refractivity contribution in [2.75, 3.05) is 13.2 Å². The molecule has 0 spiro atoms. The quantitative estimate of drug-likeness (QED) is 0.752. The number of carbonyl (C=O) groups excluding carboxylic acids is 1. The first-order valence-electron chi connectivity index (χ1n) is 6.51. The van der Waals surface area contributed by atoms with E-state index in [4.69, 9.17) is 13.9 Å². The SMILES string of the molecule is CCOC(=O)c1oc(CC2CCCO2)nc1CC. The number of hydrogen-bond donors (Lipinski definition) is 0. The van der Waals surface area contributed by atoms with Crippen molar-refractivity contribution in [2.24, 2.45) is 0 Å². The maximum Gasteiger partial charge on any atom is 0.376 e. The van der Waals surface area contributed by atoms with E-state index >= 15 is 0 Å². The first kappa shape index (κ1) is 13.1. The number of aromatic nitrogens is 1. The van der Waals surface area contributed by atoms with Gasteiger partial charge in [0.2, 0.25) is 5.76 Å². The van der Waals surface area contributed by atoms with Gasteiger partial charge < -0.3 is 13.9 Å². The molecule has 5 heteroatoms. The highest BCUT2D eigenvalue weighted by Gasteiger charge is 2.23. The van der Waals surface area contributed by atoms with Crippen LogP contribution in [0, 0.1) is 0 Å². The summed E-state index contributed by atoms with van der Waals surface area (Å²) in [7, 11) is 0. The minimum absolute atomic E-state index is 0.170. The number of hydrogen-bond acceptors (Lipinski definition) is 5. The van der Waals surface area contributed by atoms with Gasteiger partial charge in [-0.25, -0.2) is 9.78 Å². The molecular weight excluding hydrogens is 234 g/mol. The molecule has 5 nitrogen and oxygen atoms in total. The van der Waals surface area contributed by atoms with Gasteiger partial charge in [0.1, 0.15) is 0 Å². The van der Waals surface area contributed by atoms with Crippen LogP contribution in [0.5, 0.6) is 0 Å². The lowest BCUT2D eigenvalue weighted by atomic mass is 10.2. The maximum absolute atomic E-state index is 11.7. The molecule has 1 aromatic rings. The number of aryl methyl sites for hydroxylation is 1. The number of esters is 1. The molecule has 0 N–H and O–H groups in total. The summed E-state index contributed by atoms with van der Waals surface area (Å²) < 4.78 is 16.0. The summed E-state index contributed by atoms with van der Waals surface area (Å²) in [5.41, 5.74) is 0.668. The molecule has 100 valence electrons. The zero-order valence-corrected chi connectivity index (χ0v) is 10.9. The smallest absolute Gasteiger partial charge is 0.376 e. The number of carbonyl (C=O) groups is 1. The van der Waals surface area contributed by atoms with Crippen LogP contribution >= 0.6 is 0 Å². The summed E-state index contributed by atoms with van der Waals surface area (Å²) in [6.45, 7) is 4.85. The second-order valence-corrected chi connectivity index (χ2v) is 4.30. The molecule has 1 aliphatic heterocycles. The van der Waals surface area contributed by atoms with Crippen molar-refractivity contribution in [3.8, 4) is 0 Å². The van der Waals surface area contributed by atoms with Crippen molar-refractivity contribution in [2.45, 2.75) is 45.6 Å². The molecule has 0 aromatic carbocycles. The van der Waals surface area contributed by atoms with E-state index in [1.54, 1.807) is 6.92 Å². The Morgan fingerprint density at radius 2 is 2.33 bits per heavy atom. The number of ether oxygens (including phenoxy) is 2. The lowest BCUT2D eigenvalue weighted by Gasteiger charge is -2.04. The largest absolute Gasteiger partial charge is 0.460 e. The van der Waals surface area contributed by atoms with E-state index in [2.05, 4.69) is 4.98 Å². The molecule has 1 aliphatic rings. The Kier molecular flexibility index (Phi) is 4.36. The summed E-state index contributed by atoms with van der Waals surface area (Å²) in [4.78, 5) is 16.0. The second-order valence-electron chi connectivity index (χ2n) is 4.30. The van der Waals surface area contributed by atoms with Gasteiger partial charge in [-0.15, -0.1) is 0 Å². The van der Waals surface area contributed by atoms with Gasteiger partial charge in [0, 0.05) is 6.61 Å². The highest BCUT2D eigenvalue weighted by molar-refractivity contribution is 5.87. The fraction of sp³-hybridized carbons (Fsp3) is 0.692. The van der Waals surface area contributed by atoms with Gasteiger partial charge >= 0.3 is 5.97 Å². The number of oxazole rings is 1. The average molecular weight is 253 g/mol. The van der Waals surface area contributed by atoms with Crippen molar-refractivity contribution in [3.05, 3.63) is 17.3 Å². The van der Waals surface area contributed by atoms with E-state index in [0.717, 1.165) is 19.4 Å². The van der Waals surface area contributed by atoms with Crippen LogP contribution in [0.25, 0.3) is 0 Å². The maximum atomic E-state index is 11.7. The van der Waals surface area contributed by atoms with Gasteiger partial charge in [0.05, 0.1) is 24.8 Å². The Morgan fingerprint density at radius 3 is 2.94 bits per heavy atom. The van der Waals surface area contributed by atoms with Gasteiger partial charge in [-0.2, -0.15) is 0 Å². The van der Waals surface area contributed by atoms with E-state index in [0.29, 0.717) is 31.0 Å². The van der Waals surface area contributed by atoms with Crippen LogP contribution in [-0.4, -0.2) is 30.3 Å². The van der Waals surface area contributed by atoms with E-state index in [-0.39, 0.29) is 11.9 Å². The Balaban J connectivity index is 2.09. The lowest BCUT2D eigenvalue weighted by Crippen LogP contribution is -2.09. The van der Waals surface area contributed by atoms with Crippen LogP contribution in [0.15, 0.2) is 4.42 Å². The summed E-state index contributed by atoms with van der Waals surface area (Å²) in [5, 5.41) is 0. The van der Waals surface area contributed by atoms with Gasteiger partial charge in [-0.1, -0.05) is 6.92 Å². The molecule has 0 radical (unpaired) electrons. The standard InChI is InChI=1S/C13H19NO4/c1-3-10-12(13(15)16-4-2)18-11(14-10)8-9-6-5-7-17-9/h9H,3-8H2,1-2H3. The summed E-state index contributed by atoms with van der Waals surface area (Å²) in [5.74, 6) is 0.384. The molecule has 0 amide bonds. The molecule has 18 heavy (non-hydrogen) atoms. The van der Waals surface area contributed by atoms with Crippen molar-refractivity contribution < 1.29 is 18.7 Å². The summed E-state index contributed by atoms with van der Waals surface area (Å²) >= 11 is 0. The van der Waals surface area contributed by atoms with E-state index in [1.165, 1.54) is 0 Å². The average Bonchev–Trinajstić information content (AvgIpc) is 2.99. The molecule has 0 aliphatic carbocycles. The molecule has 1 unspecified atom stereocenters. The van der Waals surface area contributed by atoms with Crippen molar-refractivity contribution in [1.29, 1.82) is 0 Å². The molecule has 1 atom stereocenters. The van der Waals surface area contributed by atoms with Crippen LogP contribution in [0.1, 0.15) is 48.8 Å². The molecule has 1 saturated heterocycles. The molecule has 2 rings (SSSR count). The Bertz CT molecular complexity index is 407. The van der Waals surface area contributed by atoms with Crippen LogP contribution < -0.4 is 0 Å². The second kappa shape index (κ2) is 6.00. The predicted octanol–water partition coefficient (Wildman–Crippen LogP) is 2.14. The highest BCUT2D eigenvalue weighted by Crippen LogP contribution is 2.20. The van der Waals surface area contributed by atoms with Crippen LogP contribution in [0.3, 0.4) is 0 Å². The minimum Gasteiger partial charge on any atom is -0.460 e. The van der Waals surface area contributed by atoms with Crippen molar-refractivity contribution >= 4 is 5.97 Å². The third-order valence-electron chi connectivity index (χ3n) is 2.96. The fourth-order valence-corrected chi connectivity index (χ4v) is 2.08. The number of nitrogens with zero attached hydrogens (tertiary/aromatic N) is 1. The number of rotatable bonds is 5. The third-order valence-corrected chi connectivity index (χ3v) is 2.96. The monoisotopic (exact) mass is 253 g/mol. The minimum atomic E-state index is -0.430. The Labute approximate surface area is 106 Å². The molecular formula is C13H19NO4. The third kappa shape index (κ3) is 2.90. The van der Waals surface area contributed by atoms with E-state index in [9.17, 15) is 4.79 Å². The summed E-state index contributed by atoms with van der Waals surface area (Å²) in [6.07, 6.45) is 3.56. The molecule has 1 fully saturated rings. The Hall–Kier alpha value is -1.36. The van der Waals surface area contributed by atoms with E-state index in [1.807, 2.05) is 6.92 Å². The topological polar surface area (TPSA) is 61.6 Å². The molecule has 2 heterocycles. The first-order valence-corrected chi connectivity index (χ1v) is 6.51. The van der Waals surface area contributed by atoms with Crippen LogP contribution in [0.2, 0.25) is 0 Å². The van der Waals surface area contributed by atoms with E-state index < -0.39 is 5.97 Å². The van der Waals surface area contributed by atoms with Crippen molar-refractivity contribution in [1.82, 2.24) is 4.98 Å². The summed E-state index contributed by atoms with van der Waals surface area (Å²) in [6, 6.07) is 0. The zero-order valence-electron chi connectivity index (χ0n) is 10.9. The van der Waals surface area contributed by atoms with Gasteiger partial charge in [0.25, 0.3) is 0 Å². The predicted molar refractivity (Wildman–Crippen MR) is 64.5 cm³/mol. The van der Waals surface area contributed by atoms with Gasteiger partial charge in [0.15, 0.2) is 5.89 Å². The fourth-order valence-electron chi connectivity index (χ4n) is 2.08. The van der Waals surface area contributed by atoms with Gasteiger partial charge in [-0.3, -0.25) is 0 Å².